The third-order valence-corrected chi connectivity index (χ3v) is 2.05. The zero-order chi connectivity index (χ0) is 9.68. The molecule has 0 atom stereocenters. The Kier molecular flexibility index (Phi) is 3.66. The van der Waals surface area contributed by atoms with Crippen molar-refractivity contribution in [1.29, 1.82) is 0 Å². The Balaban J connectivity index is 2.40. The van der Waals surface area contributed by atoms with Crippen molar-refractivity contribution in [2.45, 2.75) is 6.42 Å². The third-order valence-electron chi connectivity index (χ3n) is 1.38. The highest BCUT2D eigenvalue weighted by Gasteiger charge is 2.07. The minimum absolute atomic E-state index is 0.0689. The molecule has 0 aromatic carbocycles. The molecule has 72 valence electrons. The third kappa shape index (κ3) is 3.00. The van der Waals surface area contributed by atoms with Gasteiger partial charge < -0.3 is 16.2 Å². The SMILES string of the molecule is Nc1nc(C(=O)NCCCO)cs1. The molecule has 0 saturated heterocycles. The number of aromatic nitrogens is 1. The summed E-state index contributed by atoms with van der Waals surface area (Å²) in [4.78, 5) is 15.0. The molecular formula is C7H11N3O2S. The second-order valence-corrected chi connectivity index (χ2v) is 3.29. The number of nitrogen functional groups attached to an aromatic ring is 1. The van der Waals surface area contributed by atoms with E-state index in [4.69, 9.17) is 10.8 Å². The molecule has 0 unspecified atom stereocenters. The monoisotopic (exact) mass is 201 g/mol. The molecule has 0 saturated carbocycles. The second kappa shape index (κ2) is 4.78. The fourth-order valence-electron chi connectivity index (χ4n) is 0.763. The number of rotatable bonds is 4. The number of nitrogens with two attached hydrogens (primary N) is 1. The molecule has 0 fully saturated rings. The lowest BCUT2D eigenvalue weighted by Gasteiger charge is -1.99. The molecule has 6 heteroatoms. The molecule has 4 N–H and O–H groups in total. The summed E-state index contributed by atoms with van der Waals surface area (Å²) in [5, 5.41) is 13.1. The summed E-state index contributed by atoms with van der Waals surface area (Å²) in [5.74, 6) is -0.249. The predicted molar refractivity (Wildman–Crippen MR) is 50.6 cm³/mol. The number of thiazole rings is 1. The van der Waals surface area contributed by atoms with Gasteiger partial charge in [0.15, 0.2) is 5.13 Å². The van der Waals surface area contributed by atoms with Crippen molar-refractivity contribution in [3.05, 3.63) is 11.1 Å². The van der Waals surface area contributed by atoms with Crippen LogP contribution < -0.4 is 11.1 Å². The molecule has 1 heterocycles. The smallest absolute Gasteiger partial charge is 0.270 e. The van der Waals surface area contributed by atoms with Crippen LogP contribution >= 0.6 is 11.3 Å². The molecule has 13 heavy (non-hydrogen) atoms. The van der Waals surface area contributed by atoms with Gasteiger partial charge >= 0.3 is 0 Å². The molecule has 1 rings (SSSR count). The first-order valence-electron chi connectivity index (χ1n) is 3.84. The van der Waals surface area contributed by atoms with Crippen LogP contribution in [0.5, 0.6) is 0 Å². The van der Waals surface area contributed by atoms with E-state index in [1.54, 1.807) is 5.38 Å². The van der Waals surface area contributed by atoms with Crippen LogP contribution in [0.3, 0.4) is 0 Å². The molecule has 0 aliphatic carbocycles. The molecular weight excluding hydrogens is 190 g/mol. The van der Waals surface area contributed by atoms with Crippen LogP contribution in [0, 0.1) is 0 Å². The van der Waals surface area contributed by atoms with Gasteiger partial charge in [-0.1, -0.05) is 0 Å². The number of amides is 1. The van der Waals surface area contributed by atoms with Crippen molar-refractivity contribution < 1.29 is 9.90 Å². The zero-order valence-electron chi connectivity index (χ0n) is 6.99. The Bertz CT molecular complexity index is 287. The minimum Gasteiger partial charge on any atom is -0.396 e. The van der Waals surface area contributed by atoms with Crippen molar-refractivity contribution in [2.24, 2.45) is 0 Å². The number of nitrogens with zero attached hydrogens (tertiary/aromatic N) is 1. The van der Waals surface area contributed by atoms with Gasteiger partial charge in [-0.15, -0.1) is 11.3 Å². The van der Waals surface area contributed by atoms with Crippen LogP contribution in [0.25, 0.3) is 0 Å². The van der Waals surface area contributed by atoms with Gasteiger partial charge in [0, 0.05) is 18.5 Å². The Morgan fingerprint density at radius 3 is 3.08 bits per heavy atom. The van der Waals surface area contributed by atoms with Crippen LogP contribution in [0.15, 0.2) is 5.38 Å². The highest BCUT2D eigenvalue weighted by atomic mass is 32.1. The van der Waals surface area contributed by atoms with E-state index in [0.717, 1.165) is 0 Å². The van der Waals surface area contributed by atoms with Crippen LogP contribution in [-0.4, -0.2) is 29.1 Å². The number of hydrogen-bond donors (Lipinski definition) is 3. The maximum atomic E-state index is 11.2. The van der Waals surface area contributed by atoms with Crippen LogP contribution in [0.1, 0.15) is 16.9 Å². The Morgan fingerprint density at radius 1 is 1.77 bits per heavy atom. The van der Waals surface area contributed by atoms with Gasteiger partial charge in [-0.05, 0) is 6.42 Å². The lowest BCUT2D eigenvalue weighted by molar-refractivity contribution is 0.0947. The van der Waals surface area contributed by atoms with E-state index in [1.807, 2.05) is 0 Å². The Labute approximate surface area is 79.6 Å². The van der Waals surface area contributed by atoms with Crippen molar-refractivity contribution in [2.75, 3.05) is 18.9 Å². The highest BCUT2D eigenvalue weighted by Crippen LogP contribution is 2.10. The summed E-state index contributed by atoms with van der Waals surface area (Å²) in [5.41, 5.74) is 5.69. The number of anilines is 1. The molecule has 0 aliphatic heterocycles. The second-order valence-electron chi connectivity index (χ2n) is 2.40. The van der Waals surface area contributed by atoms with Gasteiger partial charge in [-0.25, -0.2) is 4.98 Å². The summed E-state index contributed by atoms with van der Waals surface area (Å²) >= 11 is 1.23. The topological polar surface area (TPSA) is 88.2 Å². The van der Waals surface area contributed by atoms with Gasteiger partial charge in [0.05, 0.1) is 0 Å². The summed E-state index contributed by atoms with van der Waals surface area (Å²) < 4.78 is 0. The van der Waals surface area contributed by atoms with Gasteiger partial charge in [0.25, 0.3) is 5.91 Å². The quantitative estimate of drug-likeness (QED) is 0.590. The van der Waals surface area contributed by atoms with Crippen molar-refractivity contribution in [3.63, 3.8) is 0 Å². The van der Waals surface area contributed by atoms with Gasteiger partial charge in [-0.3, -0.25) is 4.79 Å². The molecule has 1 amide bonds. The van der Waals surface area contributed by atoms with E-state index in [9.17, 15) is 4.79 Å². The summed E-state index contributed by atoms with van der Waals surface area (Å²) in [6.45, 7) is 0.520. The summed E-state index contributed by atoms with van der Waals surface area (Å²) in [7, 11) is 0. The average Bonchev–Trinajstić information content (AvgIpc) is 2.52. The van der Waals surface area contributed by atoms with Crippen LogP contribution in [-0.2, 0) is 0 Å². The van der Waals surface area contributed by atoms with Crippen molar-refractivity contribution in [1.82, 2.24) is 10.3 Å². The first-order valence-corrected chi connectivity index (χ1v) is 4.72. The van der Waals surface area contributed by atoms with Crippen LogP contribution in [0.2, 0.25) is 0 Å². The first-order chi connectivity index (χ1) is 6.24. The van der Waals surface area contributed by atoms with E-state index >= 15 is 0 Å². The largest absolute Gasteiger partial charge is 0.396 e. The fourth-order valence-corrected chi connectivity index (χ4v) is 1.31. The van der Waals surface area contributed by atoms with E-state index in [2.05, 4.69) is 10.3 Å². The first kappa shape index (κ1) is 9.94. The molecule has 5 nitrogen and oxygen atoms in total. The van der Waals surface area contributed by atoms with E-state index in [0.29, 0.717) is 23.8 Å². The number of hydrogen-bond acceptors (Lipinski definition) is 5. The van der Waals surface area contributed by atoms with Gasteiger partial charge in [-0.2, -0.15) is 0 Å². The van der Waals surface area contributed by atoms with Crippen LogP contribution in [0.4, 0.5) is 5.13 Å². The Morgan fingerprint density at radius 2 is 2.54 bits per heavy atom. The maximum absolute atomic E-state index is 11.2. The predicted octanol–water partition coefficient (Wildman–Crippen LogP) is -0.162. The normalized spacial score (nSPS) is 9.92. The minimum atomic E-state index is -0.249. The molecule has 1 aromatic heterocycles. The molecule has 1 aromatic rings. The summed E-state index contributed by atoms with van der Waals surface area (Å²) in [6.07, 6.45) is 0.547. The van der Waals surface area contributed by atoms with Gasteiger partial charge in [0.1, 0.15) is 5.69 Å². The van der Waals surface area contributed by atoms with Gasteiger partial charge in [0.2, 0.25) is 0 Å². The standard InChI is InChI=1S/C7H11N3O2S/c8-7-10-5(4-13-7)6(12)9-2-1-3-11/h4,11H,1-3H2,(H2,8,10)(H,9,12). The molecule has 0 aliphatic rings. The number of aliphatic hydroxyl groups is 1. The van der Waals surface area contributed by atoms with E-state index < -0.39 is 0 Å². The molecule has 0 radical (unpaired) electrons. The Hall–Kier alpha value is -1.14. The highest BCUT2D eigenvalue weighted by molar-refractivity contribution is 7.13. The van der Waals surface area contributed by atoms with Crippen molar-refractivity contribution >= 4 is 22.4 Å². The number of carbonyl (C=O) groups is 1. The zero-order valence-corrected chi connectivity index (χ0v) is 7.80. The van der Waals surface area contributed by atoms with Crippen molar-refractivity contribution in [3.8, 4) is 0 Å². The fraction of sp³-hybridized carbons (Fsp3) is 0.429. The van der Waals surface area contributed by atoms with E-state index in [1.165, 1.54) is 11.3 Å². The molecule has 0 bridgehead atoms. The van der Waals surface area contributed by atoms with E-state index in [-0.39, 0.29) is 12.5 Å². The lowest BCUT2D eigenvalue weighted by atomic mass is 10.4. The summed E-state index contributed by atoms with van der Waals surface area (Å²) in [6, 6.07) is 0. The lowest BCUT2D eigenvalue weighted by Crippen LogP contribution is -2.25. The number of carbonyl (C=O) groups excluding carboxylic acids is 1. The average molecular weight is 201 g/mol. The maximum Gasteiger partial charge on any atom is 0.270 e. The number of nitrogens with one attached hydrogen (secondary N) is 1. The molecule has 0 spiro atoms. The number of aliphatic hydroxyl groups excluding tert-OH is 1.